The average Bonchev–Trinajstić information content (AvgIpc) is 2.71. The van der Waals surface area contributed by atoms with Gasteiger partial charge >= 0.3 is 0 Å². The number of piperazine rings is 1. The van der Waals surface area contributed by atoms with Crippen LogP contribution in [0.15, 0.2) is 42.5 Å². The van der Waals surface area contributed by atoms with Crippen molar-refractivity contribution in [1.82, 2.24) is 9.80 Å². The van der Waals surface area contributed by atoms with Gasteiger partial charge in [-0.05, 0) is 36.8 Å². The molecule has 1 saturated heterocycles. The molecule has 148 valence electrons. The lowest BCUT2D eigenvalue weighted by atomic mass is 10.1. The maximum atomic E-state index is 12.7. The fourth-order valence-electron chi connectivity index (χ4n) is 3.15. The van der Waals surface area contributed by atoms with Crippen LogP contribution < -0.4 is 4.74 Å². The third-order valence-corrected chi connectivity index (χ3v) is 5.51. The molecule has 28 heavy (non-hydrogen) atoms. The van der Waals surface area contributed by atoms with E-state index < -0.39 is 0 Å². The smallest absolute Gasteiger partial charge is 0.255 e. The number of amides is 2. The lowest BCUT2D eigenvalue weighted by molar-refractivity contribution is -0.131. The summed E-state index contributed by atoms with van der Waals surface area (Å²) in [7, 11) is 0. The summed E-state index contributed by atoms with van der Waals surface area (Å²) in [4.78, 5) is 28.8. The molecular formula is C21H22Cl2N2O3. The summed E-state index contributed by atoms with van der Waals surface area (Å²) in [5, 5.41) is 0.625. The highest BCUT2D eigenvalue weighted by Crippen LogP contribution is 2.26. The van der Waals surface area contributed by atoms with E-state index in [9.17, 15) is 9.59 Å². The Hall–Kier alpha value is -2.24. The first-order chi connectivity index (χ1) is 13.5. The van der Waals surface area contributed by atoms with E-state index in [-0.39, 0.29) is 16.8 Å². The van der Waals surface area contributed by atoms with E-state index >= 15 is 0 Å². The molecule has 1 fully saturated rings. The van der Waals surface area contributed by atoms with Crippen molar-refractivity contribution in [2.75, 3.05) is 32.8 Å². The number of ether oxygens (including phenoxy) is 1. The quantitative estimate of drug-likeness (QED) is 0.736. The fourth-order valence-corrected chi connectivity index (χ4v) is 3.54. The van der Waals surface area contributed by atoms with Gasteiger partial charge in [0.15, 0.2) is 0 Å². The van der Waals surface area contributed by atoms with Gasteiger partial charge in [0.1, 0.15) is 5.75 Å². The third kappa shape index (κ3) is 4.78. The zero-order valence-electron chi connectivity index (χ0n) is 15.7. The van der Waals surface area contributed by atoms with Crippen LogP contribution in [0.3, 0.4) is 0 Å². The first kappa shape index (κ1) is 20.5. The Morgan fingerprint density at radius 2 is 1.61 bits per heavy atom. The van der Waals surface area contributed by atoms with Gasteiger partial charge in [-0.1, -0.05) is 41.4 Å². The van der Waals surface area contributed by atoms with Crippen LogP contribution in [-0.4, -0.2) is 54.4 Å². The molecule has 0 N–H and O–H groups in total. The number of hydrogen-bond donors (Lipinski definition) is 0. The second-order valence-corrected chi connectivity index (χ2v) is 7.31. The molecule has 2 aromatic carbocycles. The Labute approximate surface area is 174 Å². The summed E-state index contributed by atoms with van der Waals surface area (Å²) in [5.74, 6) is 0.689. The van der Waals surface area contributed by atoms with Crippen molar-refractivity contribution in [2.45, 2.75) is 13.3 Å². The van der Waals surface area contributed by atoms with Gasteiger partial charge in [-0.3, -0.25) is 9.59 Å². The molecule has 0 aromatic heterocycles. The normalized spacial score (nSPS) is 14.1. The predicted octanol–water partition coefficient (Wildman–Crippen LogP) is 3.92. The first-order valence-electron chi connectivity index (χ1n) is 9.22. The number of hydrogen-bond acceptors (Lipinski definition) is 3. The van der Waals surface area contributed by atoms with Crippen molar-refractivity contribution >= 4 is 35.0 Å². The van der Waals surface area contributed by atoms with Gasteiger partial charge in [0.05, 0.1) is 28.6 Å². The van der Waals surface area contributed by atoms with Crippen LogP contribution in [0.4, 0.5) is 0 Å². The summed E-state index contributed by atoms with van der Waals surface area (Å²) >= 11 is 12.2. The monoisotopic (exact) mass is 420 g/mol. The van der Waals surface area contributed by atoms with Crippen molar-refractivity contribution in [2.24, 2.45) is 0 Å². The number of rotatable bonds is 5. The zero-order valence-corrected chi connectivity index (χ0v) is 17.2. The molecule has 0 unspecified atom stereocenters. The highest BCUT2D eigenvalue weighted by atomic mass is 35.5. The zero-order chi connectivity index (χ0) is 20.1. The second kappa shape index (κ2) is 9.30. The first-order valence-corrected chi connectivity index (χ1v) is 9.98. The van der Waals surface area contributed by atoms with E-state index in [0.29, 0.717) is 49.8 Å². The van der Waals surface area contributed by atoms with Crippen LogP contribution in [-0.2, 0) is 11.2 Å². The fraction of sp³-hybridized carbons (Fsp3) is 0.333. The molecule has 1 aliphatic rings. The van der Waals surface area contributed by atoms with Gasteiger partial charge in [-0.15, -0.1) is 0 Å². The predicted molar refractivity (Wildman–Crippen MR) is 110 cm³/mol. The lowest BCUT2D eigenvalue weighted by Crippen LogP contribution is -2.51. The number of carbonyl (C=O) groups is 2. The van der Waals surface area contributed by atoms with Gasteiger partial charge < -0.3 is 14.5 Å². The minimum absolute atomic E-state index is 0.0528. The van der Waals surface area contributed by atoms with Crippen molar-refractivity contribution in [3.8, 4) is 5.75 Å². The number of halogens is 2. The van der Waals surface area contributed by atoms with Gasteiger partial charge in [0.2, 0.25) is 5.91 Å². The molecule has 2 amide bonds. The van der Waals surface area contributed by atoms with Crippen LogP contribution in [0.25, 0.3) is 0 Å². The van der Waals surface area contributed by atoms with Gasteiger partial charge in [0, 0.05) is 26.2 Å². The summed E-state index contributed by atoms with van der Waals surface area (Å²) in [6.45, 7) is 4.48. The average molecular weight is 421 g/mol. The molecular weight excluding hydrogens is 399 g/mol. The maximum Gasteiger partial charge on any atom is 0.255 e. The minimum Gasteiger partial charge on any atom is -0.494 e. The minimum atomic E-state index is -0.161. The molecule has 2 aromatic rings. The molecule has 0 radical (unpaired) electrons. The standard InChI is InChI=1S/C21H22Cl2N2O3/c1-2-28-16-8-6-15(7-9-16)14-19(26)24-10-12-25(13-11-24)21(27)17-4-3-5-18(22)20(17)23/h3-9H,2,10-14H2,1H3. The van der Waals surface area contributed by atoms with Crippen molar-refractivity contribution in [1.29, 1.82) is 0 Å². The van der Waals surface area contributed by atoms with E-state index in [1.165, 1.54) is 0 Å². The second-order valence-electron chi connectivity index (χ2n) is 6.53. The van der Waals surface area contributed by atoms with Crippen LogP contribution in [0, 0.1) is 0 Å². The van der Waals surface area contributed by atoms with Gasteiger partial charge in [0.25, 0.3) is 5.91 Å². The Kier molecular flexibility index (Phi) is 6.81. The molecule has 5 nitrogen and oxygen atoms in total. The molecule has 0 saturated carbocycles. The summed E-state index contributed by atoms with van der Waals surface area (Å²) < 4.78 is 5.42. The Morgan fingerprint density at radius 1 is 0.964 bits per heavy atom. The molecule has 1 heterocycles. The molecule has 0 atom stereocenters. The summed E-state index contributed by atoms with van der Waals surface area (Å²) in [5.41, 5.74) is 1.33. The topological polar surface area (TPSA) is 49.9 Å². The summed E-state index contributed by atoms with van der Waals surface area (Å²) in [6, 6.07) is 12.6. The third-order valence-electron chi connectivity index (χ3n) is 4.69. The van der Waals surface area contributed by atoms with E-state index in [2.05, 4.69) is 0 Å². The van der Waals surface area contributed by atoms with Crippen LogP contribution in [0.5, 0.6) is 5.75 Å². The SMILES string of the molecule is CCOc1ccc(CC(=O)N2CCN(C(=O)c3cccc(Cl)c3Cl)CC2)cc1. The molecule has 7 heteroatoms. The molecule has 0 aliphatic carbocycles. The van der Waals surface area contributed by atoms with Crippen LogP contribution in [0.1, 0.15) is 22.8 Å². The molecule has 1 aliphatic heterocycles. The highest BCUT2D eigenvalue weighted by Gasteiger charge is 2.26. The Balaban J connectivity index is 1.55. The van der Waals surface area contributed by atoms with Crippen molar-refractivity contribution in [3.63, 3.8) is 0 Å². The summed E-state index contributed by atoms with van der Waals surface area (Å²) in [6.07, 6.45) is 0.334. The number of benzene rings is 2. The Bertz CT molecular complexity index is 847. The van der Waals surface area contributed by atoms with Crippen LogP contribution in [0.2, 0.25) is 10.0 Å². The number of carbonyl (C=O) groups excluding carboxylic acids is 2. The maximum absolute atomic E-state index is 12.7. The molecule has 0 spiro atoms. The van der Waals surface area contributed by atoms with E-state index in [4.69, 9.17) is 27.9 Å². The largest absolute Gasteiger partial charge is 0.494 e. The molecule has 3 rings (SSSR count). The van der Waals surface area contributed by atoms with E-state index in [1.54, 1.807) is 28.0 Å². The highest BCUT2D eigenvalue weighted by molar-refractivity contribution is 6.43. The number of nitrogens with zero attached hydrogens (tertiary/aromatic N) is 2. The van der Waals surface area contributed by atoms with Gasteiger partial charge in [-0.2, -0.15) is 0 Å². The van der Waals surface area contributed by atoms with Gasteiger partial charge in [-0.25, -0.2) is 0 Å². The van der Waals surface area contributed by atoms with Crippen molar-refractivity contribution in [3.05, 3.63) is 63.6 Å². The van der Waals surface area contributed by atoms with Crippen LogP contribution >= 0.6 is 23.2 Å². The molecule has 0 bridgehead atoms. The Morgan fingerprint density at radius 3 is 2.25 bits per heavy atom. The van der Waals surface area contributed by atoms with E-state index in [0.717, 1.165) is 11.3 Å². The lowest BCUT2D eigenvalue weighted by Gasteiger charge is -2.35. The van der Waals surface area contributed by atoms with Crippen molar-refractivity contribution < 1.29 is 14.3 Å². The van der Waals surface area contributed by atoms with E-state index in [1.807, 2.05) is 31.2 Å².